The highest BCUT2D eigenvalue weighted by Gasteiger charge is 2.35. The largest absolute Gasteiger partial charge is 0.331 e. The monoisotopic (exact) mass is 309 g/mol. The SMILES string of the molecule is Cn1c([C@@H]2CC(=O)N(c3ccccc3F)C2)nc2ccccc21. The maximum absolute atomic E-state index is 14.0. The predicted octanol–water partition coefficient (Wildman–Crippen LogP) is 3.23. The highest BCUT2D eigenvalue weighted by Crippen LogP contribution is 2.33. The molecule has 0 saturated carbocycles. The lowest BCUT2D eigenvalue weighted by Crippen LogP contribution is -2.25. The number of para-hydroxylation sites is 3. The Bertz CT molecular complexity index is 902. The van der Waals surface area contributed by atoms with Crippen molar-refractivity contribution < 1.29 is 9.18 Å². The molecule has 4 nitrogen and oxygen atoms in total. The number of halogens is 1. The van der Waals surface area contributed by atoms with E-state index in [4.69, 9.17) is 0 Å². The molecule has 1 saturated heterocycles. The van der Waals surface area contributed by atoms with Crippen molar-refractivity contribution in [2.24, 2.45) is 7.05 Å². The van der Waals surface area contributed by atoms with Crippen molar-refractivity contribution in [1.29, 1.82) is 0 Å². The van der Waals surface area contributed by atoms with Crippen LogP contribution in [0.3, 0.4) is 0 Å². The summed E-state index contributed by atoms with van der Waals surface area (Å²) in [5.41, 5.74) is 2.31. The van der Waals surface area contributed by atoms with Crippen LogP contribution >= 0.6 is 0 Å². The molecule has 23 heavy (non-hydrogen) atoms. The number of hydrogen-bond acceptors (Lipinski definition) is 2. The molecule has 0 unspecified atom stereocenters. The first-order valence-electron chi connectivity index (χ1n) is 7.61. The van der Waals surface area contributed by atoms with E-state index in [1.165, 1.54) is 11.0 Å². The van der Waals surface area contributed by atoms with Crippen molar-refractivity contribution in [3.05, 3.63) is 60.2 Å². The molecular weight excluding hydrogens is 293 g/mol. The van der Waals surface area contributed by atoms with Gasteiger partial charge < -0.3 is 9.47 Å². The third-order valence-corrected chi connectivity index (χ3v) is 4.46. The molecule has 1 aliphatic heterocycles. The van der Waals surface area contributed by atoms with E-state index < -0.39 is 0 Å². The fraction of sp³-hybridized carbons (Fsp3) is 0.222. The van der Waals surface area contributed by atoms with Gasteiger partial charge in [-0.15, -0.1) is 0 Å². The minimum atomic E-state index is -0.369. The highest BCUT2D eigenvalue weighted by molar-refractivity contribution is 5.96. The normalized spacial score (nSPS) is 18.1. The first kappa shape index (κ1) is 13.9. The van der Waals surface area contributed by atoms with E-state index in [1.807, 2.05) is 35.9 Å². The molecule has 4 rings (SSSR count). The van der Waals surface area contributed by atoms with E-state index in [9.17, 15) is 9.18 Å². The van der Waals surface area contributed by atoms with Gasteiger partial charge in [-0.1, -0.05) is 24.3 Å². The molecule has 3 aromatic rings. The van der Waals surface area contributed by atoms with Crippen LogP contribution in [-0.4, -0.2) is 22.0 Å². The van der Waals surface area contributed by atoms with E-state index in [1.54, 1.807) is 18.2 Å². The second-order valence-electron chi connectivity index (χ2n) is 5.87. The van der Waals surface area contributed by atoms with E-state index in [0.29, 0.717) is 18.7 Å². The summed E-state index contributed by atoms with van der Waals surface area (Å²) in [6, 6.07) is 14.3. The van der Waals surface area contributed by atoms with E-state index in [2.05, 4.69) is 4.98 Å². The van der Waals surface area contributed by atoms with Gasteiger partial charge in [0, 0.05) is 25.9 Å². The van der Waals surface area contributed by atoms with Gasteiger partial charge in [-0.3, -0.25) is 4.79 Å². The lowest BCUT2D eigenvalue weighted by molar-refractivity contribution is -0.117. The van der Waals surface area contributed by atoms with E-state index in [0.717, 1.165) is 16.9 Å². The Hall–Kier alpha value is -2.69. The standard InChI is InChI=1S/C18H16FN3O/c1-21-16-9-5-3-7-14(16)20-18(21)12-10-17(23)22(11-12)15-8-4-2-6-13(15)19/h2-9,12H,10-11H2,1H3/t12-/m1/s1. The quantitative estimate of drug-likeness (QED) is 0.729. The van der Waals surface area contributed by atoms with E-state index >= 15 is 0 Å². The average molecular weight is 309 g/mol. The maximum Gasteiger partial charge on any atom is 0.227 e. The number of hydrogen-bond donors (Lipinski definition) is 0. The van der Waals surface area contributed by atoms with E-state index in [-0.39, 0.29) is 17.6 Å². The number of rotatable bonds is 2. The molecule has 0 N–H and O–H groups in total. The summed E-state index contributed by atoms with van der Waals surface area (Å²) < 4.78 is 16.0. The fourth-order valence-corrected chi connectivity index (χ4v) is 3.31. The number of benzene rings is 2. The van der Waals surface area contributed by atoms with Crippen molar-refractivity contribution >= 4 is 22.6 Å². The number of aryl methyl sites for hydroxylation is 1. The average Bonchev–Trinajstić information content (AvgIpc) is 3.09. The van der Waals surface area contributed by atoms with Gasteiger partial charge in [0.05, 0.1) is 16.7 Å². The van der Waals surface area contributed by atoms with Crippen LogP contribution in [0.5, 0.6) is 0 Å². The van der Waals surface area contributed by atoms with Crippen LogP contribution in [0, 0.1) is 5.82 Å². The third kappa shape index (κ3) is 2.20. The van der Waals surface area contributed by atoms with Gasteiger partial charge in [0.15, 0.2) is 0 Å². The zero-order valence-corrected chi connectivity index (χ0v) is 12.7. The van der Waals surface area contributed by atoms with Crippen molar-refractivity contribution in [3.8, 4) is 0 Å². The van der Waals surface area contributed by atoms with Gasteiger partial charge in [0.1, 0.15) is 11.6 Å². The molecule has 1 aromatic heterocycles. The van der Waals surface area contributed by atoms with Crippen LogP contribution in [0.4, 0.5) is 10.1 Å². The molecule has 0 aliphatic carbocycles. The number of anilines is 1. The smallest absolute Gasteiger partial charge is 0.227 e. The number of carbonyl (C=O) groups is 1. The van der Waals surface area contributed by atoms with Crippen molar-refractivity contribution in [2.45, 2.75) is 12.3 Å². The molecule has 2 aromatic carbocycles. The zero-order valence-electron chi connectivity index (χ0n) is 12.7. The van der Waals surface area contributed by atoms with Crippen molar-refractivity contribution in [2.75, 3.05) is 11.4 Å². The van der Waals surface area contributed by atoms with Gasteiger partial charge in [0.2, 0.25) is 5.91 Å². The highest BCUT2D eigenvalue weighted by atomic mass is 19.1. The Morgan fingerprint density at radius 2 is 1.87 bits per heavy atom. The molecule has 1 amide bonds. The van der Waals surface area contributed by atoms with Crippen LogP contribution < -0.4 is 4.90 Å². The fourth-order valence-electron chi connectivity index (χ4n) is 3.31. The van der Waals surface area contributed by atoms with Gasteiger partial charge in [0.25, 0.3) is 0 Å². The van der Waals surface area contributed by atoms with Gasteiger partial charge in [-0.25, -0.2) is 9.37 Å². The molecule has 2 heterocycles. The van der Waals surface area contributed by atoms with Gasteiger partial charge in [-0.05, 0) is 24.3 Å². The number of carbonyl (C=O) groups excluding carboxylic acids is 1. The Morgan fingerprint density at radius 1 is 1.13 bits per heavy atom. The summed E-state index contributed by atoms with van der Waals surface area (Å²) in [6.07, 6.45) is 0.353. The molecule has 0 radical (unpaired) electrons. The second kappa shape index (κ2) is 5.19. The van der Waals surface area contributed by atoms with Crippen LogP contribution in [0.25, 0.3) is 11.0 Å². The summed E-state index contributed by atoms with van der Waals surface area (Å²) in [7, 11) is 1.96. The van der Waals surface area contributed by atoms with Gasteiger partial charge >= 0.3 is 0 Å². The van der Waals surface area contributed by atoms with Crippen molar-refractivity contribution in [3.63, 3.8) is 0 Å². The molecule has 0 spiro atoms. The summed E-state index contributed by atoms with van der Waals surface area (Å²) in [5, 5.41) is 0. The van der Waals surface area contributed by atoms with Crippen molar-refractivity contribution in [1.82, 2.24) is 9.55 Å². The Labute approximate surface area is 133 Å². The Balaban J connectivity index is 1.70. The first-order valence-corrected chi connectivity index (χ1v) is 7.61. The minimum Gasteiger partial charge on any atom is -0.331 e. The first-order chi connectivity index (χ1) is 11.1. The molecule has 0 bridgehead atoms. The maximum atomic E-state index is 14.0. The molecule has 1 fully saturated rings. The molecule has 1 aliphatic rings. The number of aromatic nitrogens is 2. The minimum absolute atomic E-state index is 0.0282. The summed E-state index contributed by atoms with van der Waals surface area (Å²) in [5.74, 6) is 0.413. The lowest BCUT2D eigenvalue weighted by Gasteiger charge is -2.17. The third-order valence-electron chi connectivity index (χ3n) is 4.46. The Kier molecular flexibility index (Phi) is 3.15. The Morgan fingerprint density at radius 3 is 2.65 bits per heavy atom. The molecule has 1 atom stereocenters. The summed E-state index contributed by atoms with van der Waals surface area (Å²) in [4.78, 5) is 18.6. The number of nitrogens with zero attached hydrogens (tertiary/aromatic N) is 3. The van der Waals surface area contributed by atoms with Crippen LogP contribution in [0.1, 0.15) is 18.2 Å². The van der Waals surface area contributed by atoms with Crippen LogP contribution in [0.2, 0.25) is 0 Å². The lowest BCUT2D eigenvalue weighted by atomic mass is 10.1. The molecular formula is C18H16FN3O. The number of amides is 1. The summed E-state index contributed by atoms with van der Waals surface area (Å²) in [6.45, 7) is 0.455. The van der Waals surface area contributed by atoms with Gasteiger partial charge in [-0.2, -0.15) is 0 Å². The second-order valence-corrected chi connectivity index (χ2v) is 5.87. The molecule has 116 valence electrons. The predicted molar refractivity (Wildman–Crippen MR) is 86.8 cm³/mol. The summed E-state index contributed by atoms with van der Waals surface area (Å²) >= 11 is 0. The number of imidazole rings is 1. The van der Waals surface area contributed by atoms with Crippen LogP contribution in [0.15, 0.2) is 48.5 Å². The molecule has 5 heteroatoms. The van der Waals surface area contributed by atoms with Crippen LogP contribution in [-0.2, 0) is 11.8 Å². The zero-order chi connectivity index (χ0) is 16.0. The topological polar surface area (TPSA) is 38.1 Å². The number of fused-ring (bicyclic) bond motifs is 1.